The van der Waals surface area contributed by atoms with Gasteiger partial charge in [0.2, 0.25) is 0 Å². The van der Waals surface area contributed by atoms with Crippen LogP contribution < -0.4 is 0 Å². The van der Waals surface area contributed by atoms with Gasteiger partial charge in [-0.3, -0.25) is 4.79 Å². The third-order valence-corrected chi connectivity index (χ3v) is 5.84. The molecule has 0 bridgehead atoms. The van der Waals surface area contributed by atoms with Crippen LogP contribution in [0.3, 0.4) is 0 Å². The molecule has 1 atom stereocenters. The molecule has 3 heterocycles. The van der Waals surface area contributed by atoms with Crippen LogP contribution in [-0.2, 0) is 9.53 Å². The Kier molecular flexibility index (Phi) is 7.80. The molecule has 1 amide bonds. The molecule has 7 nitrogen and oxygen atoms in total. The summed E-state index contributed by atoms with van der Waals surface area (Å²) in [6, 6.07) is 11.9. The molecule has 0 radical (unpaired) electrons. The fraction of sp³-hybridized carbons (Fsp3) is 0.478. The van der Waals surface area contributed by atoms with E-state index in [1.54, 1.807) is 0 Å². The zero-order valence-electron chi connectivity index (χ0n) is 18.4. The second-order valence-electron chi connectivity index (χ2n) is 8.56. The molecule has 2 saturated heterocycles. The van der Waals surface area contributed by atoms with Gasteiger partial charge >= 0.3 is 12.1 Å². The molecule has 10 heteroatoms. The Bertz CT molecular complexity index is 931. The van der Waals surface area contributed by atoms with Crippen molar-refractivity contribution < 1.29 is 32.6 Å². The van der Waals surface area contributed by atoms with Gasteiger partial charge in [-0.1, -0.05) is 0 Å². The number of likely N-dealkylation sites (N-methyl/N-ethyl adjacent to an activating group) is 1. The maximum absolute atomic E-state index is 13.1. The normalized spacial score (nSPS) is 21.8. The van der Waals surface area contributed by atoms with Crippen LogP contribution in [0.5, 0.6) is 0 Å². The number of likely N-dealkylation sites (tertiary alicyclic amines) is 1. The summed E-state index contributed by atoms with van der Waals surface area (Å²) in [5.41, 5.74) is 1.91. The lowest BCUT2D eigenvalue weighted by atomic mass is 9.80. The van der Waals surface area contributed by atoms with Crippen LogP contribution in [0.1, 0.15) is 23.2 Å². The molecule has 33 heavy (non-hydrogen) atoms. The first kappa shape index (κ1) is 24.8. The van der Waals surface area contributed by atoms with E-state index in [4.69, 9.17) is 14.6 Å². The van der Waals surface area contributed by atoms with Gasteiger partial charge in [-0.2, -0.15) is 13.2 Å². The van der Waals surface area contributed by atoms with Crippen molar-refractivity contribution in [2.45, 2.75) is 19.0 Å². The summed E-state index contributed by atoms with van der Waals surface area (Å²) in [6.07, 6.45) is 1.11. The molecular weight excluding hydrogens is 439 g/mol. The predicted molar refractivity (Wildman–Crippen MR) is 115 cm³/mol. The number of benzene rings is 1. The lowest BCUT2D eigenvalue weighted by molar-refractivity contribution is -0.192. The number of alkyl halides is 3. The van der Waals surface area contributed by atoms with Gasteiger partial charge in [0.25, 0.3) is 5.91 Å². The van der Waals surface area contributed by atoms with Gasteiger partial charge < -0.3 is 24.2 Å². The third kappa shape index (κ3) is 6.58. The Balaban J connectivity index is 0.000000383. The van der Waals surface area contributed by atoms with E-state index in [1.165, 1.54) is 0 Å². The zero-order valence-corrected chi connectivity index (χ0v) is 18.4. The Morgan fingerprint density at radius 1 is 1.06 bits per heavy atom. The number of hydrogen-bond acceptors (Lipinski definition) is 4. The van der Waals surface area contributed by atoms with Crippen molar-refractivity contribution in [2.24, 2.45) is 5.41 Å². The molecule has 2 aromatic rings. The summed E-state index contributed by atoms with van der Waals surface area (Å²) in [7, 11) is 2.15. The van der Waals surface area contributed by atoms with Crippen LogP contribution in [0, 0.1) is 5.41 Å². The highest BCUT2D eigenvalue weighted by Crippen LogP contribution is 2.33. The lowest BCUT2D eigenvalue weighted by Crippen LogP contribution is -2.51. The largest absolute Gasteiger partial charge is 0.490 e. The Morgan fingerprint density at radius 2 is 1.70 bits per heavy atom. The molecule has 1 aromatic carbocycles. The number of carbonyl (C=O) groups excluding carboxylic acids is 1. The number of aliphatic carboxylic acids is 1. The van der Waals surface area contributed by atoms with Gasteiger partial charge in [-0.15, -0.1) is 0 Å². The number of rotatable bonds is 2. The van der Waals surface area contributed by atoms with Crippen LogP contribution in [0.4, 0.5) is 13.2 Å². The molecule has 2 fully saturated rings. The summed E-state index contributed by atoms with van der Waals surface area (Å²) in [4.78, 5) is 26.3. The molecule has 4 rings (SSSR count). The standard InChI is InChI=1S/C21H27N3O2.C2HF3O2/c1-22-13-14-26-17-21(15-22)9-4-12-24(16-21)20(25)18-5-7-19(8-6-18)23-10-2-3-11-23;3-2(4,5)1(6)7/h2-3,5-8,10-11H,4,9,12-17H2,1H3;(H,6,7). The summed E-state index contributed by atoms with van der Waals surface area (Å²) < 4.78 is 39.6. The maximum atomic E-state index is 13.1. The summed E-state index contributed by atoms with van der Waals surface area (Å²) in [5, 5.41) is 7.12. The molecule has 180 valence electrons. The smallest absolute Gasteiger partial charge is 0.475 e. The quantitative estimate of drug-likeness (QED) is 0.734. The number of nitrogens with zero attached hydrogens (tertiary/aromatic N) is 3. The molecule has 1 aromatic heterocycles. The first-order valence-corrected chi connectivity index (χ1v) is 10.7. The van der Waals surface area contributed by atoms with Crippen LogP contribution in [0.2, 0.25) is 0 Å². The van der Waals surface area contributed by atoms with Crippen molar-refractivity contribution in [3.8, 4) is 5.69 Å². The number of piperidine rings is 1. The molecule has 0 aliphatic carbocycles. The summed E-state index contributed by atoms with van der Waals surface area (Å²) in [5.74, 6) is -2.62. The van der Waals surface area contributed by atoms with Gasteiger partial charge in [0.1, 0.15) is 0 Å². The second-order valence-corrected chi connectivity index (χ2v) is 8.56. The van der Waals surface area contributed by atoms with Crippen LogP contribution in [-0.4, -0.2) is 84.0 Å². The highest BCUT2D eigenvalue weighted by Gasteiger charge is 2.40. The molecule has 0 saturated carbocycles. The van der Waals surface area contributed by atoms with Gasteiger partial charge in [0.05, 0.1) is 13.2 Å². The van der Waals surface area contributed by atoms with Gasteiger partial charge in [0, 0.05) is 55.2 Å². The molecular formula is C23H28F3N3O4. The van der Waals surface area contributed by atoms with Crippen molar-refractivity contribution >= 4 is 11.9 Å². The van der Waals surface area contributed by atoms with E-state index in [9.17, 15) is 18.0 Å². The van der Waals surface area contributed by atoms with E-state index in [-0.39, 0.29) is 11.3 Å². The van der Waals surface area contributed by atoms with Crippen molar-refractivity contribution in [3.05, 3.63) is 54.4 Å². The number of carboxylic acid groups (broad SMARTS) is 1. The van der Waals surface area contributed by atoms with E-state index >= 15 is 0 Å². The number of hydrogen-bond donors (Lipinski definition) is 1. The predicted octanol–water partition coefficient (Wildman–Crippen LogP) is 3.30. The summed E-state index contributed by atoms with van der Waals surface area (Å²) >= 11 is 0. The minimum Gasteiger partial charge on any atom is -0.475 e. The van der Waals surface area contributed by atoms with E-state index in [0.29, 0.717) is 0 Å². The average molecular weight is 467 g/mol. The fourth-order valence-corrected chi connectivity index (χ4v) is 4.30. The monoisotopic (exact) mass is 467 g/mol. The molecule has 1 N–H and O–H groups in total. The first-order chi connectivity index (χ1) is 15.6. The zero-order chi connectivity index (χ0) is 24.1. The van der Waals surface area contributed by atoms with Crippen molar-refractivity contribution in [2.75, 3.05) is 46.4 Å². The van der Waals surface area contributed by atoms with Crippen LogP contribution in [0.15, 0.2) is 48.8 Å². The van der Waals surface area contributed by atoms with Crippen molar-refractivity contribution in [3.63, 3.8) is 0 Å². The SMILES string of the molecule is CN1CCOCC2(CCCN(C(=O)c3ccc(-n4cccc4)cc3)C2)C1.O=C(O)C(F)(F)F. The number of carbonyl (C=O) groups is 2. The lowest BCUT2D eigenvalue weighted by Gasteiger charge is -2.43. The number of amides is 1. The fourth-order valence-electron chi connectivity index (χ4n) is 4.30. The average Bonchev–Trinajstić information content (AvgIpc) is 3.25. The van der Waals surface area contributed by atoms with Crippen LogP contribution >= 0.6 is 0 Å². The number of carboxylic acids is 1. The van der Waals surface area contributed by atoms with Crippen molar-refractivity contribution in [1.82, 2.24) is 14.4 Å². The molecule has 1 spiro atoms. The van der Waals surface area contributed by atoms with Gasteiger partial charge in [0.15, 0.2) is 0 Å². The van der Waals surface area contributed by atoms with Crippen molar-refractivity contribution in [1.29, 1.82) is 0 Å². The number of aromatic nitrogens is 1. The first-order valence-electron chi connectivity index (χ1n) is 10.7. The minimum absolute atomic E-state index is 0.0737. The number of ether oxygens (including phenoxy) is 1. The highest BCUT2D eigenvalue weighted by molar-refractivity contribution is 5.94. The van der Waals surface area contributed by atoms with Gasteiger partial charge in [-0.05, 0) is 56.3 Å². The number of halogens is 3. The Labute approximate surface area is 190 Å². The van der Waals surface area contributed by atoms with Crippen LogP contribution in [0.25, 0.3) is 5.69 Å². The Hall–Kier alpha value is -2.85. The topological polar surface area (TPSA) is 75.0 Å². The van der Waals surface area contributed by atoms with Gasteiger partial charge in [-0.25, -0.2) is 4.79 Å². The van der Waals surface area contributed by atoms with E-state index in [0.717, 1.165) is 63.5 Å². The van der Waals surface area contributed by atoms with E-state index < -0.39 is 12.1 Å². The second kappa shape index (κ2) is 10.4. The van der Waals surface area contributed by atoms with E-state index in [1.807, 2.05) is 58.3 Å². The Morgan fingerprint density at radius 3 is 2.30 bits per heavy atom. The third-order valence-electron chi connectivity index (χ3n) is 5.84. The molecule has 2 aliphatic rings. The molecule has 2 aliphatic heterocycles. The van der Waals surface area contributed by atoms with E-state index in [2.05, 4.69) is 11.9 Å². The maximum Gasteiger partial charge on any atom is 0.490 e. The minimum atomic E-state index is -5.08. The molecule has 1 unspecified atom stereocenters. The highest BCUT2D eigenvalue weighted by atomic mass is 19.4. The summed E-state index contributed by atoms with van der Waals surface area (Å²) in [6.45, 7) is 5.14.